The minimum atomic E-state index is -0.605. The molecule has 0 spiro atoms. The van der Waals surface area contributed by atoms with Crippen molar-refractivity contribution in [2.24, 2.45) is 0 Å². The number of rotatable bonds is 4. The molecule has 2 aromatic rings. The number of hydrogen-bond acceptors (Lipinski definition) is 4. The number of fused-ring (bicyclic) bond motifs is 2. The number of benzene rings is 1. The molecular formula is C18H22FN3O. The van der Waals surface area contributed by atoms with Crippen LogP contribution < -0.4 is 5.32 Å². The van der Waals surface area contributed by atoms with Crippen LogP contribution in [0.25, 0.3) is 11.5 Å². The minimum Gasteiger partial charge on any atom is -0.411 e. The summed E-state index contributed by atoms with van der Waals surface area (Å²) < 4.78 is 18.6. The molecule has 4 rings (SSSR count). The predicted molar refractivity (Wildman–Crippen MR) is 87.7 cm³/mol. The van der Waals surface area contributed by atoms with Crippen LogP contribution in [0.5, 0.6) is 0 Å². The van der Waals surface area contributed by atoms with Gasteiger partial charge < -0.3 is 9.73 Å². The highest BCUT2D eigenvalue weighted by Crippen LogP contribution is 2.37. The van der Waals surface area contributed by atoms with Gasteiger partial charge in [-0.15, -0.1) is 0 Å². The molecule has 2 saturated heterocycles. The summed E-state index contributed by atoms with van der Waals surface area (Å²) in [6.07, 6.45) is 5.38. The van der Waals surface area contributed by atoms with Gasteiger partial charge in [0.1, 0.15) is 5.69 Å². The molecule has 0 radical (unpaired) electrons. The van der Waals surface area contributed by atoms with Crippen LogP contribution in [0.2, 0.25) is 0 Å². The lowest BCUT2D eigenvalue weighted by atomic mass is 9.80. The molecule has 1 aromatic heterocycles. The van der Waals surface area contributed by atoms with Crippen molar-refractivity contribution >= 4 is 5.69 Å². The molecule has 2 atom stereocenters. The maximum Gasteiger partial charge on any atom is 0.301 e. The zero-order valence-electron chi connectivity index (χ0n) is 13.6. The van der Waals surface area contributed by atoms with Gasteiger partial charge >= 0.3 is 6.01 Å². The van der Waals surface area contributed by atoms with Crippen molar-refractivity contribution in [3.8, 4) is 11.5 Å². The van der Waals surface area contributed by atoms with Crippen LogP contribution in [0.15, 0.2) is 22.6 Å². The fourth-order valence-corrected chi connectivity index (χ4v) is 3.80. The fraction of sp³-hybridized carbons (Fsp3) is 0.500. The number of nitrogens with zero attached hydrogens (tertiary/aromatic N) is 2. The maximum atomic E-state index is 13.4. The van der Waals surface area contributed by atoms with Gasteiger partial charge in [0, 0.05) is 23.3 Å². The third-order valence-electron chi connectivity index (χ3n) is 5.23. The lowest BCUT2D eigenvalue weighted by Crippen LogP contribution is -2.59. The molecule has 0 aliphatic carbocycles. The third-order valence-corrected chi connectivity index (χ3v) is 5.23. The highest BCUT2D eigenvalue weighted by Gasteiger charge is 2.40. The van der Waals surface area contributed by atoms with E-state index in [-0.39, 0.29) is 0 Å². The van der Waals surface area contributed by atoms with E-state index in [4.69, 9.17) is 4.42 Å². The van der Waals surface area contributed by atoms with E-state index in [0.717, 1.165) is 35.6 Å². The average molecular weight is 315 g/mol. The molecule has 122 valence electrons. The lowest BCUT2D eigenvalue weighted by Gasteiger charge is -2.53. The number of piperidine rings is 1. The summed E-state index contributed by atoms with van der Waals surface area (Å²) in [5, 5.41) is 3.50. The first-order valence-electron chi connectivity index (χ1n) is 8.35. The van der Waals surface area contributed by atoms with E-state index < -0.39 is 6.01 Å². The van der Waals surface area contributed by atoms with Gasteiger partial charge in [0.2, 0.25) is 5.89 Å². The standard InChI is InChI=1S/C18H22FN3O/c1-11-6-7-13(8-16(11)18-21-12(2)17(19)23-18)20-10-22-14-4-3-5-15(22)9-14/h6-8,14-15,20H,3-5,9-10H2,1-2H3. The summed E-state index contributed by atoms with van der Waals surface area (Å²) in [5.41, 5.74) is 3.18. The average Bonchev–Trinajstić information content (AvgIpc) is 2.88. The number of nitrogens with one attached hydrogen (secondary N) is 1. The Kier molecular flexibility index (Phi) is 3.60. The predicted octanol–water partition coefficient (Wildman–Crippen LogP) is 4.09. The first-order chi connectivity index (χ1) is 11.1. The van der Waals surface area contributed by atoms with Gasteiger partial charge in [-0.25, -0.2) is 4.98 Å². The van der Waals surface area contributed by atoms with E-state index >= 15 is 0 Å². The molecule has 3 heterocycles. The Bertz CT molecular complexity index is 694. The second-order valence-electron chi connectivity index (χ2n) is 6.73. The Morgan fingerprint density at radius 3 is 2.74 bits per heavy atom. The summed E-state index contributed by atoms with van der Waals surface area (Å²) >= 11 is 0. The minimum absolute atomic E-state index is 0.297. The summed E-state index contributed by atoms with van der Waals surface area (Å²) in [6.45, 7) is 4.47. The second kappa shape index (κ2) is 5.64. The number of oxazole rings is 1. The van der Waals surface area contributed by atoms with Crippen LogP contribution in [-0.2, 0) is 0 Å². The molecule has 5 heteroatoms. The van der Waals surface area contributed by atoms with Crippen molar-refractivity contribution < 1.29 is 8.81 Å². The van der Waals surface area contributed by atoms with Gasteiger partial charge in [-0.1, -0.05) is 12.5 Å². The molecule has 2 aliphatic rings. The molecule has 4 nitrogen and oxygen atoms in total. The highest BCUT2D eigenvalue weighted by molar-refractivity contribution is 5.65. The van der Waals surface area contributed by atoms with E-state index in [2.05, 4.69) is 21.3 Å². The normalized spacial score (nSPS) is 23.6. The van der Waals surface area contributed by atoms with Crippen molar-refractivity contribution in [2.75, 3.05) is 12.0 Å². The summed E-state index contributed by atoms with van der Waals surface area (Å²) in [6, 6.07) is 6.98. The van der Waals surface area contributed by atoms with E-state index in [1.807, 2.05) is 19.1 Å². The van der Waals surface area contributed by atoms with Crippen LogP contribution >= 0.6 is 0 Å². The Hall–Kier alpha value is -1.88. The van der Waals surface area contributed by atoms with Gasteiger partial charge in [0.15, 0.2) is 0 Å². The molecule has 2 unspecified atom stereocenters. The van der Waals surface area contributed by atoms with Crippen molar-refractivity contribution in [3.05, 3.63) is 35.5 Å². The van der Waals surface area contributed by atoms with Gasteiger partial charge in [-0.05, 0) is 50.8 Å². The molecule has 23 heavy (non-hydrogen) atoms. The molecule has 0 saturated carbocycles. The van der Waals surface area contributed by atoms with Crippen molar-refractivity contribution in [1.82, 2.24) is 9.88 Å². The lowest BCUT2D eigenvalue weighted by molar-refractivity contribution is -0.0202. The number of halogens is 1. The zero-order chi connectivity index (χ0) is 16.0. The first kappa shape index (κ1) is 14.7. The molecule has 0 amide bonds. The number of aryl methyl sites for hydroxylation is 2. The van der Waals surface area contributed by atoms with Crippen molar-refractivity contribution in [1.29, 1.82) is 0 Å². The monoisotopic (exact) mass is 315 g/mol. The van der Waals surface area contributed by atoms with Gasteiger partial charge in [0.05, 0.1) is 6.67 Å². The summed E-state index contributed by atoms with van der Waals surface area (Å²) in [4.78, 5) is 6.73. The molecule has 1 N–H and O–H groups in total. The van der Waals surface area contributed by atoms with Crippen LogP contribution in [-0.4, -0.2) is 28.6 Å². The first-order valence-corrected chi connectivity index (χ1v) is 8.35. The van der Waals surface area contributed by atoms with Crippen molar-refractivity contribution in [3.63, 3.8) is 0 Å². The van der Waals surface area contributed by atoms with Crippen LogP contribution in [0.3, 0.4) is 0 Å². The molecule has 1 aromatic carbocycles. The quantitative estimate of drug-likeness (QED) is 0.922. The molecule has 2 bridgehead atoms. The molecular weight excluding hydrogens is 293 g/mol. The number of aromatic nitrogens is 1. The Morgan fingerprint density at radius 2 is 2.09 bits per heavy atom. The highest BCUT2D eigenvalue weighted by atomic mass is 19.1. The van der Waals surface area contributed by atoms with Crippen molar-refractivity contribution in [2.45, 2.75) is 51.6 Å². The molecule has 2 aliphatic heterocycles. The maximum absolute atomic E-state index is 13.4. The molecule has 2 fully saturated rings. The Labute approximate surface area is 135 Å². The van der Waals surface area contributed by atoms with E-state index in [1.54, 1.807) is 6.92 Å². The van der Waals surface area contributed by atoms with E-state index in [9.17, 15) is 4.39 Å². The van der Waals surface area contributed by atoms with Crippen LogP contribution in [0.4, 0.5) is 10.1 Å². The van der Waals surface area contributed by atoms with Gasteiger partial charge in [-0.2, -0.15) is 4.39 Å². The van der Waals surface area contributed by atoms with Crippen LogP contribution in [0.1, 0.15) is 36.9 Å². The van der Waals surface area contributed by atoms with Crippen LogP contribution in [0, 0.1) is 19.9 Å². The third kappa shape index (κ3) is 2.63. The van der Waals surface area contributed by atoms with E-state index in [1.165, 1.54) is 25.7 Å². The van der Waals surface area contributed by atoms with Gasteiger partial charge in [-0.3, -0.25) is 4.90 Å². The Balaban J connectivity index is 1.50. The second-order valence-corrected chi connectivity index (χ2v) is 6.73. The topological polar surface area (TPSA) is 41.3 Å². The van der Waals surface area contributed by atoms with E-state index in [0.29, 0.717) is 11.6 Å². The smallest absolute Gasteiger partial charge is 0.301 e. The SMILES string of the molecule is Cc1ccc(NCN2C3CCCC2C3)cc1-c1nc(C)c(F)o1. The largest absolute Gasteiger partial charge is 0.411 e. The van der Waals surface area contributed by atoms with Gasteiger partial charge in [0.25, 0.3) is 0 Å². The fourth-order valence-electron chi connectivity index (χ4n) is 3.80. The summed E-state index contributed by atoms with van der Waals surface area (Å²) in [7, 11) is 0. The number of hydrogen-bond donors (Lipinski definition) is 1. The Morgan fingerprint density at radius 1 is 1.30 bits per heavy atom. The number of anilines is 1. The zero-order valence-corrected chi connectivity index (χ0v) is 13.6. The summed E-state index contributed by atoms with van der Waals surface area (Å²) in [5.74, 6) is 0.349.